The first-order chi connectivity index (χ1) is 13.5. The Bertz CT molecular complexity index is 1230. The van der Waals surface area contributed by atoms with Crippen LogP contribution in [0.5, 0.6) is 0 Å². The van der Waals surface area contributed by atoms with Gasteiger partial charge < -0.3 is 0 Å². The van der Waals surface area contributed by atoms with Crippen molar-refractivity contribution in [3.63, 3.8) is 0 Å². The summed E-state index contributed by atoms with van der Waals surface area (Å²) in [5.41, 5.74) is 6.63. The predicted molar refractivity (Wildman–Crippen MR) is 105 cm³/mol. The highest BCUT2D eigenvalue weighted by molar-refractivity contribution is 6.08. The van der Waals surface area contributed by atoms with Gasteiger partial charge in [-0.3, -0.25) is 25.4 Å². The zero-order valence-corrected chi connectivity index (χ0v) is 15.0. The molecule has 2 amide bonds. The van der Waals surface area contributed by atoms with E-state index in [1.165, 1.54) is 12.1 Å². The summed E-state index contributed by atoms with van der Waals surface area (Å²) in [6, 6.07) is 18.6. The van der Waals surface area contributed by atoms with Crippen LogP contribution in [0.3, 0.4) is 0 Å². The number of fused-ring (bicyclic) bond motifs is 2. The number of nitrogens with zero attached hydrogens (tertiary/aromatic N) is 1. The number of carbonyl (C=O) groups is 2. The van der Waals surface area contributed by atoms with Crippen molar-refractivity contribution in [1.29, 1.82) is 0 Å². The van der Waals surface area contributed by atoms with Crippen LogP contribution in [0.25, 0.3) is 21.7 Å². The van der Waals surface area contributed by atoms with Crippen molar-refractivity contribution in [2.24, 2.45) is 0 Å². The molecule has 3 aromatic carbocycles. The smallest absolute Gasteiger partial charge is 0.267 e. The number of pyridine rings is 1. The quantitative estimate of drug-likeness (QED) is 0.524. The fourth-order valence-electron chi connectivity index (χ4n) is 3.15. The molecule has 2 N–H and O–H groups in total. The Hall–Kier alpha value is -3.80. The molecule has 0 atom stereocenters. The minimum Gasteiger partial charge on any atom is -0.267 e. The summed E-state index contributed by atoms with van der Waals surface area (Å²) in [5, 5.41) is 2.23. The van der Waals surface area contributed by atoms with Gasteiger partial charge in [-0.15, -0.1) is 0 Å². The van der Waals surface area contributed by atoms with E-state index in [1.807, 2.05) is 30.3 Å². The molecule has 0 saturated heterocycles. The predicted octanol–water partition coefficient (Wildman–Crippen LogP) is 3.91. The molecule has 0 radical (unpaired) electrons. The molecule has 0 aliphatic heterocycles. The Kier molecular flexibility index (Phi) is 4.45. The number of hydrogen-bond donors (Lipinski definition) is 2. The van der Waals surface area contributed by atoms with Gasteiger partial charge >= 0.3 is 0 Å². The number of aryl methyl sites for hydroxylation is 1. The molecule has 1 heterocycles. The number of benzene rings is 3. The van der Waals surface area contributed by atoms with Gasteiger partial charge in [-0.25, -0.2) is 4.39 Å². The molecule has 0 spiro atoms. The number of hydrazine groups is 1. The second-order valence-electron chi connectivity index (χ2n) is 6.39. The number of nitrogens with one attached hydrogen (secondary N) is 2. The van der Waals surface area contributed by atoms with Gasteiger partial charge in [-0.2, -0.15) is 0 Å². The largest absolute Gasteiger partial charge is 0.271 e. The highest BCUT2D eigenvalue weighted by Crippen LogP contribution is 2.19. The Morgan fingerprint density at radius 1 is 0.821 bits per heavy atom. The minimum atomic E-state index is -0.523. The van der Waals surface area contributed by atoms with E-state index in [0.29, 0.717) is 22.2 Å². The van der Waals surface area contributed by atoms with Crippen LogP contribution in [0.15, 0.2) is 66.7 Å². The Balaban J connectivity index is 1.56. The van der Waals surface area contributed by atoms with E-state index in [-0.39, 0.29) is 5.56 Å². The Morgan fingerprint density at radius 3 is 2.36 bits per heavy atom. The van der Waals surface area contributed by atoms with Gasteiger partial charge in [-0.05, 0) is 48.0 Å². The van der Waals surface area contributed by atoms with Gasteiger partial charge in [0, 0.05) is 10.9 Å². The average Bonchev–Trinajstić information content (AvgIpc) is 2.71. The van der Waals surface area contributed by atoms with Crippen LogP contribution in [0.1, 0.15) is 26.4 Å². The molecular formula is C22H16FN3O2. The summed E-state index contributed by atoms with van der Waals surface area (Å²) in [5.74, 6) is -1.36. The van der Waals surface area contributed by atoms with Gasteiger partial charge in [0.15, 0.2) is 0 Å². The van der Waals surface area contributed by atoms with Gasteiger partial charge in [0.1, 0.15) is 5.82 Å². The third-order valence-corrected chi connectivity index (χ3v) is 4.54. The Morgan fingerprint density at radius 2 is 1.54 bits per heavy atom. The molecular weight excluding hydrogens is 357 g/mol. The number of carbonyl (C=O) groups excluding carboxylic acids is 2. The van der Waals surface area contributed by atoms with E-state index >= 15 is 0 Å². The summed E-state index contributed by atoms with van der Waals surface area (Å²) in [6.45, 7) is 1.68. The van der Waals surface area contributed by atoms with Gasteiger partial charge in [0.05, 0.1) is 16.8 Å². The molecule has 0 aliphatic carbocycles. The van der Waals surface area contributed by atoms with Crippen molar-refractivity contribution in [3.8, 4) is 0 Å². The molecule has 1 aromatic heterocycles. The molecule has 4 aromatic rings. The molecule has 4 rings (SSSR count). The number of aromatic nitrogens is 1. The maximum Gasteiger partial charge on any atom is 0.271 e. The molecule has 0 unspecified atom stereocenters. The number of amides is 2. The molecule has 0 fully saturated rings. The summed E-state index contributed by atoms with van der Waals surface area (Å²) < 4.78 is 13.5. The lowest BCUT2D eigenvalue weighted by atomic mass is 10.0. The van der Waals surface area contributed by atoms with Crippen molar-refractivity contribution in [2.75, 3.05) is 0 Å². The summed E-state index contributed by atoms with van der Waals surface area (Å²) >= 11 is 0. The monoisotopic (exact) mass is 373 g/mol. The van der Waals surface area contributed by atoms with Gasteiger partial charge in [-0.1, -0.05) is 36.4 Å². The minimum absolute atomic E-state index is 0.260. The Labute approximate surface area is 160 Å². The normalized spacial score (nSPS) is 10.8. The highest BCUT2D eigenvalue weighted by atomic mass is 19.1. The lowest BCUT2D eigenvalue weighted by Crippen LogP contribution is -2.42. The maximum absolute atomic E-state index is 13.5. The van der Waals surface area contributed by atoms with E-state index in [1.54, 1.807) is 31.2 Å². The molecule has 6 heteroatoms. The van der Waals surface area contributed by atoms with E-state index in [9.17, 15) is 14.0 Å². The van der Waals surface area contributed by atoms with E-state index in [4.69, 9.17) is 0 Å². The summed E-state index contributed by atoms with van der Waals surface area (Å²) in [6.07, 6.45) is 0. The second-order valence-corrected chi connectivity index (χ2v) is 6.39. The zero-order valence-electron chi connectivity index (χ0n) is 15.0. The molecule has 0 bridgehead atoms. The average molecular weight is 373 g/mol. The SMILES string of the molecule is Cc1nc2ccc(F)cc2cc1C(=O)NNC(=O)c1cccc2ccccc12. The molecule has 5 nitrogen and oxygen atoms in total. The summed E-state index contributed by atoms with van der Waals surface area (Å²) in [7, 11) is 0. The highest BCUT2D eigenvalue weighted by Gasteiger charge is 2.15. The third kappa shape index (κ3) is 3.27. The number of rotatable bonds is 2. The first kappa shape index (κ1) is 17.6. The molecule has 0 saturated carbocycles. The fraction of sp³-hybridized carbons (Fsp3) is 0.0455. The lowest BCUT2D eigenvalue weighted by Gasteiger charge is -2.11. The second kappa shape index (κ2) is 7.08. The van der Waals surface area contributed by atoms with Crippen LogP contribution < -0.4 is 10.9 Å². The van der Waals surface area contributed by atoms with Crippen LogP contribution in [-0.4, -0.2) is 16.8 Å². The first-order valence-corrected chi connectivity index (χ1v) is 8.68. The van der Waals surface area contributed by atoms with Crippen molar-refractivity contribution < 1.29 is 14.0 Å². The standard InChI is InChI=1S/C22H16FN3O2/c1-13-19(12-15-11-16(23)9-10-20(15)24-13)22(28)26-25-21(27)18-8-4-6-14-5-2-3-7-17(14)18/h2-12H,1H3,(H,25,27)(H,26,28). The van der Waals surface area contributed by atoms with E-state index in [2.05, 4.69) is 15.8 Å². The van der Waals surface area contributed by atoms with Crippen molar-refractivity contribution in [3.05, 3.63) is 89.4 Å². The van der Waals surface area contributed by atoms with Crippen molar-refractivity contribution in [2.45, 2.75) is 6.92 Å². The van der Waals surface area contributed by atoms with Crippen molar-refractivity contribution >= 4 is 33.5 Å². The van der Waals surface area contributed by atoms with E-state index < -0.39 is 17.6 Å². The van der Waals surface area contributed by atoms with Crippen LogP contribution >= 0.6 is 0 Å². The lowest BCUT2D eigenvalue weighted by molar-refractivity contribution is 0.0847. The maximum atomic E-state index is 13.5. The van der Waals surface area contributed by atoms with Crippen LogP contribution in [0, 0.1) is 12.7 Å². The molecule has 28 heavy (non-hydrogen) atoms. The molecule has 138 valence electrons. The third-order valence-electron chi connectivity index (χ3n) is 4.54. The van der Waals surface area contributed by atoms with Crippen LogP contribution in [0.2, 0.25) is 0 Å². The van der Waals surface area contributed by atoms with Crippen LogP contribution in [-0.2, 0) is 0 Å². The van der Waals surface area contributed by atoms with Gasteiger partial charge in [0.25, 0.3) is 11.8 Å². The van der Waals surface area contributed by atoms with E-state index in [0.717, 1.165) is 10.8 Å². The van der Waals surface area contributed by atoms with Crippen molar-refractivity contribution in [1.82, 2.24) is 15.8 Å². The topological polar surface area (TPSA) is 71.1 Å². The van der Waals surface area contributed by atoms with Gasteiger partial charge in [0.2, 0.25) is 0 Å². The molecule has 0 aliphatic rings. The van der Waals surface area contributed by atoms with Crippen LogP contribution in [0.4, 0.5) is 4.39 Å². The number of hydrogen-bond acceptors (Lipinski definition) is 3. The fourth-order valence-corrected chi connectivity index (χ4v) is 3.15. The number of halogens is 1. The summed E-state index contributed by atoms with van der Waals surface area (Å²) in [4.78, 5) is 29.4. The zero-order chi connectivity index (χ0) is 19.7. The first-order valence-electron chi connectivity index (χ1n) is 8.68.